The second kappa shape index (κ2) is 47.3. The molecule has 0 bridgehead atoms. The van der Waals surface area contributed by atoms with Crippen molar-refractivity contribution >= 4 is 170 Å². The van der Waals surface area contributed by atoms with E-state index < -0.39 is 118 Å². The Balaban J connectivity index is 0.545. The van der Waals surface area contributed by atoms with Crippen LogP contribution in [0.3, 0.4) is 0 Å². The molecule has 4 saturated heterocycles. The van der Waals surface area contributed by atoms with Crippen LogP contribution in [-0.2, 0) is 88.0 Å². The van der Waals surface area contributed by atoms with E-state index in [-0.39, 0.29) is 190 Å². The third-order valence-corrected chi connectivity index (χ3v) is 28.5. The van der Waals surface area contributed by atoms with E-state index in [9.17, 15) is 81.5 Å². The van der Waals surface area contributed by atoms with Gasteiger partial charge >= 0.3 is 18.1 Å². The number of hydroxylamine groups is 2. The van der Waals surface area contributed by atoms with Crippen molar-refractivity contribution < 1.29 is 105 Å². The van der Waals surface area contributed by atoms with Crippen molar-refractivity contribution in [3.8, 4) is 10.8 Å². The molecule has 2 aromatic heterocycles. The number of nitrogens with two attached hydrogens (primary N) is 1. The summed E-state index contributed by atoms with van der Waals surface area (Å²) >= 11 is 10.6. The number of imide groups is 5. The molecule has 6 aromatic rings. The predicted octanol–water partition coefficient (Wildman–Crippen LogP) is 8.10. The number of aliphatic imine (C=N–C) groups is 1. The summed E-state index contributed by atoms with van der Waals surface area (Å²) < 4.78 is 25.7. The molecule has 1 saturated carbocycles. The first kappa shape index (κ1) is 101. The van der Waals surface area contributed by atoms with Crippen molar-refractivity contribution in [1.82, 2.24) is 60.7 Å². The Morgan fingerprint density at radius 3 is 2.02 bits per heavy atom. The Labute approximate surface area is 801 Å². The average molecular weight is 1950 g/mol. The van der Waals surface area contributed by atoms with Crippen molar-refractivity contribution in [3.05, 3.63) is 146 Å². The second-order valence-electron chi connectivity index (χ2n) is 34.2. The summed E-state index contributed by atoms with van der Waals surface area (Å²) in [6.07, 6.45) is 2.65. The molecule has 13 rings (SSSR count). The molecule has 0 radical (unpaired) electrons. The summed E-state index contributed by atoms with van der Waals surface area (Å²) in [4.78, 5) is 239. The van der Waals surface area contributed by atoms with Crippen LogP contribution in [0.25, 0.3) is 5.00 Å². The third-order valence-electron chi connectivity index (χ3n) is 24.3. The molecule has 136 heavy (non-hydrogen) atoms. The zero-order chi connectivity index (χ0) is 97.0. The van der Waals surface area contributed by atoms with E-state index >= 15 is 0 Å². The van der Waals surface area contributed by atoms with Crippen molar-refractivity contribution in [2.75, 3.05) is 99.8 Å². The van der Waals surface area contributed by atoms with Crippen LogP contribution in [0.5, 0.6) is 5.75 Å². The molecule has 1 aliphatic carbocycles. The summed E-state index contributed by atoms with van der Waals surface area (Å²) in [6, 6.07) is 20.5. The summed E-state index contributed by atoms with van der Waals surface area (Å²) in [5.41, 5.74) is 10.7. The van der Waals surface area contributed by atoms with Crippen LogP contribution >= 0.6 is 46.5 Å². The van der Waals surface area contributed by atoms with Crippen LogP contribution < -0.4 is 47.7 Å². The lowest BCUT2D eigenvalue weighted by Crippen LogP contribution is -2.54. The van der Waals surface area contributed by atoms with Gasteiger partial charge in [0.05, 0.1) is 66.1 Å². The van der Waals surface area contributed by atoms with E-state index in [1.807, 2.05) is 35.8 Å². The number of thioether (sulfide) groups is 2. The number of ether oxygens (including phenoxy) is 4. The Bertz CT molecular complexity index is 5540. The van der Waals surface area contributed by atoms with Gasteiger partial charge in [0.2, 0.25) is 59.1 Å². The summed E-state index contributed by atoms with van der Waals surface area (Å²) in [5, 5.41) is 28.9. The van der Waals surface area contributed by atoms with Gasteiger partial charge in [-0.2, -0.15) is 0 Å². The standard InChI is InChI=1S/C93H110ClN17O22S3/c1-52(2)80(102-71(112)14-7-6-8-37-107-76(117)48-69(87(107)123)134-45-46-135-70-49-77(118)108(88(70)124)50-56-15-19-59(20-16-56)91(126)133-111-74(115)33-34-75(111)116)85(121)101-66(13-10-35-97-92(95)127)83(119)99-62-25-17-57(18-26-62)51-132-93(128)106(38-41-129-40-36-96-65-12-9-11-64-79(65)89(125)110(86(64)122)68-31-32-72(113)103-84(68)120)39-42-130-43-44-131-63-29-27-61(28-30-63)98-73(114)47-67-82-105-104-55(5)109(82)90-78(53(3)54(4)136-90)81(100-67)58-21-23-60(94)24-22-58/h9,11-12,17-18,21-30,52,56,59,66-70,80,96H,6-8,10,13-16,19-20,31-51H2,1-5H3,(H,98,114)(H,99,119)(H,101,121)(H,102,112)(H3,95,97,127)(H,103,113,120)/t56?,59?,66-,67-,68?,69?,70?,80-/m0/s1. The molecule has 43 heteroatoms. The first-order chi connectivity index (χ1) is 65.4. The minimum absolute atomic E-state index is 0.00578. The van der Waals surface area contributed by atoms with E-state index in [4.69, 9.17) is 46.1 Å². The van der Waals surface area contributed by atoms with Crippen LogP contribution in [0.2, 0.25) is 5.02 Å². The number of anilines is 3. The van der Waals surface area contributed by atoms with Gasteiger partial charge in [0.25, 0.3) is 23.6 Å². The largest absolute Gasteiger partial charge is 0.491 e. The van der Waals surface area contributed by atoms with Crippen molar-refractivity contribution in [1.29, 1.82) is 0 Å². The number of halogens is 1. The fourth-order valence-electron chi connectivity index (χ4n) is 16.9. The number of piperidine rings is 1. The number of thiophene rings is 1. The Morgan fingerprint density at radius 1 is 0.669 bits per heavy atom. The zero-order valence-electron chi connectivity index (χ0n) is 76.0. The van der Waals surface area contributed by atoms with Crippen molar-refractivity contribution in [2.45, 2.75) is 185 Å². The summed E-state index contributed by atoms with van der Waals surface area (Å²) in [7, 11) is 0. The first-order valence-corrected chi connectivity index (χ1v) is 48.7. The number of hydrogen-bond acceptors (Lipinski definition) is 29. The van der Waals surface area contributed by atoms with Gasteiger partial charge in [0.15, 0.2) is 5.82 Å². The first-order valence-electron chi connectivity index (χ1n) is 45.4. The quantitative estimate of drug-likeness (QED) is 0.0132. The number of primary amides is 1. The molecule has 6 aliphatic heterocycles. The number of likely N-dealkylation sites (tertiary alicyclic amines) is 2. The fourth-order valence-corrected chi connectivity index (χ4v) is 20.6. The van der Waals surface area contributed by atoms with Crippen LogP contribution in [0.1, 0.15) is 189 Å². The number of fused-ring (bicyclic) bond motifs is 4. The number of nitrogens with one attached hydrogen (secondary N) is 7. The normalized spacial score (nSPS) is 19.1. The van der Waals surface area contributed by atoms with Gasteiger partial charge in [-0.1, -0.05) is 62.2 Å². The van der Waals surface area contributed by atoms with Crippen LogP contribution in [-0.4, -0.2) is 258 Å². The Kier molecular flexibility index (Phi) is 35.1. The lowest BCUT2D eigenvalue weighted by molar-refractivity contribution is -0.201. The molecule has 17 amide bonds. The Hall–Kier alpha value is -12.5. The SMILES string of the molecule is Cc1sc2c(c1C)C(c1ccc(Cl)cc1)=N[C@@H](CC(=O)Nc1ccc(OCCOCCN(CCOCCNc3cccc4c3C(=O)N(C3CCC(=O)NC3=O)C4=O)C(=O)OCc3ccc(NC(=O)[C@H](CCCNC(N)=O)NC(=O)[C@@H](NC(=O)CCCCCN4C(=O)CC(SCCSC5CC(=O)N(CC6CCC(C(=O)ON7C(=O)CCC7=O)CC6)C5=O)C4=O)C(C)C)cc3)cc1)c1nnc(C)n1-2. The number of nitrogens with zero attached hydrogens (tertiary/aromatic N) is 9. The highest BCUT2D eigenvalue weighted by molar-refractivity contribution is 8.04. The van der Waals surface area contributed by atoms with E-state index in [0.29, 0.717) is 107 Å². The van der Waals surface area contributed by atoms with Gasteiger partial charge in [-0.3, -0.25) is 96.7 Å². The summed E-state index contributed by atoms with van der Waals surface area (Å²) in [5.74, 6) is -5.96. The van der Waals surface area contributed by atoms with Gasteiger partial charge < -0.3 is 66.3 Å². The minimum atomic E-state index is -1.18. The van der Waals surface area contributed by atoms with Crippen LogP contribution in [0, 0.1) is 38.5 Å². The third kappa shape index (κ3) is 25.8. The lowest BCUT2D eigenvalue weighted by Gasteiger charge is -2.30. The minimum Gasteiger partial charge on any atom is -0.491 e. The molecule has 3 unspecified atom stereocenters. The van der Waals surface area contributed by atoms with Gasteiger partial charge in [-0.15, -0.1) is 50.1 Å². The topological polar surface area (TPSA) is 506 Å². The molecule has 7 aliphatic rings. The number of rotatable bonds is 46. The zero-order valence-corrected chi connectivity index (χ0v) is 79.2. The monoisotopic (exact) mass is 1950 g/mol. The highest BCUT2D eigenvalue weighted by Crippen LogP contribution is 2.42. The van der Waals surface area contributed by atoms with E-state index in [0.717, 1.165) is 37.2 Å². The van der Waals surface area contributed by atoms with Gasteiger partial charge in [0, 0.05) is 127 Å². The average Bonchev–Trinajstić information content (AvgIpc) is 1.61. The predicted molar refractivity (Wildman–Crippen MR) is 500 cm³/mol. The van der Waals surface area contributed by atoms with E-state index in [2.05, 4.69) is 61.3 Å². The highest BCUT2D eigenvalue weighted by Gasteiger charge is 2.48. The van der Waals surface area contributed by atoms with Crippen LogP contribution in [0.15, 0.2) is 96.0 Å². The van der Waals surface area contributed by atoms with Gasteiger partial charge in [-0.05, 0) is 162 Å². The maximum absolute atomic E-state index is 14.1. The summed E-state index contributed by atoms with van der Waals surface area (Å²) in [6.45, 7) is 10.2. The maximum Gasteiger partial charge on any atom is 0.410 e. The fraction of sp³-hybridized carbons (Fsp3) is 0.484. The highest BCUT2D eigenvalue weighted by atomic mass is 35.5. The number of hydrogen-bond donors (Lipinski definition) is 8. The van der Waals surface area contributed by atoms with E-state index in [1.165, 1.54) is 44.3 Å². The number of unbranched alkanes of at least 4 members (excludes halogenated alkanes) is 2. The second-order valence-corrected chi connectivity index (χ2v) is 38.5. The molecular formula is C93H110ClN17O22S3. The van der Waals surface area contributed by atoms with Crippen LogP contribution in [0.4, 0.5) is 26.7 Å². The van der Waals surface area contributed by atoms with Gasteiger partial charge in [0.1, 0.15) is 54.0 Å². The molecule has 0 spiro atoms. The number of carbonyl (C=O) groups is 17. The van der Waals surface area contributed by atoms with Crippen molar-refractivity contribution in [3.63, 3.8) is 0 Å². The number of amides is 17. The molecule has 6 atom stereocenters. The Morgan fingerprint density at radius 2 is 1.34 bits per heavy atom. The van der Waals surface area contributed by atoms with Gasteiger partial charge in [-0.25, -0.2) is 14.4 Å². The number of benzene rings is 4. The molecular weight excluding hydrogens is 1840 g/mol. The van der Waals surface area contributed by atoms with Crippen molar-refractivity contribution in [2.24, 2.45) is 28.5 Å². The lowest BCUT2D eigenvalue weighted by atomic mass is 9.82. The molecule has 4 aromatic carbocycles. The molecule has 724 valence electrons. The van der Waals surface area contributed by atoms with E-state index in [1.54, 1.807) is 85.8 Å². The molecule has 9 N–H and O–H groups in total. The smallest absolute Gasteiger partial charge is 0.410 e. The molecule has 39 nitrogen and oxygen atoms in total. The maximum atomic E-state index is 14.1. The number of urea groups is 1. The number of carbonyl (C=O) groups excluding carboxylic acids is 17. The molecule has 8 heterocycles. The molecule has 5 fully saturated rings. The number of aromatic nitrogens is 3. The number of aryl methyl sites for hydroxylation is 2.